The molecule has 164 valence electrons. The van der Waals surface area contributed by atoms with Gasteiger partial charge in [0.05, 0.1) is 19.8 Å². The van der Waals surface area contributed by atoms with Crippen LogP contribution < -0.4 is 4.74 Å². The summed E-state index contributed by atoms with van der Waals surface area (Å²) in [4.78, 5) is 19.2. The first-order valence-corrected chi connectivity index (χ1v) is 10.6. The first-order chi connectivity index (χ1) is 15.6. The zero-order valence-corrected chi connectivity index (χ0v) is 17.7. The first-order valence-electron chi connectivity index (χ1n) is 10.6. The minimum atomic E-state index is -0.332. The number of benzene rings is 1. The topological polar surface area (TPSA) is 72.9 Å². The second-order valence-electron chi connectivity index (χ2n) is 7.97. The molecule has 32 heavy (non-hydrogen) atoms. The van der Waals surface area contributed by atoms with Crippen molar-refractivity contribution in [3.8, 4) is 16.9 Å². The highest BCUT2D eigenvalue weighted by atomic mass is 19.1. The Hall–Kier alpha value is -3.68. The van der Waals surface area contributed by atoms with E-state index in [-0.39, 0.29) is 24.1 Å². The fourth-order valence-corrected chi connectivity index (χ4v) is 4.23. The maximum atomic E-state index is 13.8. The number of halogens is 1. The molecule has 1 saturated heterocycles. The van der Waals surface area contributed by atoms with E-state index >= 15 is 0 Å². The Morgan fingerprint density at radius 1 is 1.28 bits per heavy atom. The molecule has 4 aromatic rings. The average Bonchev–Trinajstić information content (AvgIpc) is 3.48. The van der Waals surface area contributed by atoms with Gasteiger partial charge in [-0.2, -0.15) is 5.10 Å². The summed E-state index contributed by atoms with van der Waals surface area (Å²) in [7, 11) is 1.56. The van der Waals surface area contributed by atoms with Crippen molar-refractivity contribution in [3.63, 3.8) is 0 Å². The molecule has 1 aliphatic rings. The van der Waals surface area contributed by atoms with Crippen molar-refractivity contribution < 1.29 is 18.3 Å². The lowest BCUT2D eigenvalue weighted by atomic mass is 9.97. The number of amides is 1. The molecule has 1 amide bonds. The van der Waals surface area contributed by atoms with E-state index in [2.05, 4.69) is 5.10 Å². The zero-order valence-electron chi connectivity index (χ0n) is 17.7. The number of aromatic nitrogens is 3. The third kappa shape index (κ3) is 3.95. The third-order valence-electron chi connectivity index (χ3n) is 5.86. The van der Waals surface area contributed by atoms with Crippen LogP contribution in [0.15, 0.2) is 59.3 Å². The van der Waals surface area contributed by atoms with E-state index in [1.807, 2.05) is 29.3 Å². The van der Waals surface area contributed by atoms with E-state index in [1.165, 1.54) is 12.1 Å². The molecule has 0 aliphatic carbocycles. The van der Waals surface area contributed by atoms with E-state index < -0.39 is 0 Å². The van der Waals surface area contributed by atoms with Gasteiger partial charge in [0, 0.05) is 36.3 Å². The van der Waals surface area contributed by atoms with Crippen molar-refractivity contribution in [1.29, 1.82) is 0 Å². The van der Waals surface area contributed by atoms with Gasteiger partial charge < -0.3 is 14.1 Å². The summed E-state index contributed by atoms with van der Waals surface area (Å²) < 4.78 is 26.2. The molecule has 1 fully saturated rings. The van der Waals surface area contributed by atoms with Gasteiger partial charge in [-0.1, -0.05) is 0 Å². The third-order valence-corrected chi connectivity index (χ3v) is 5.86. The number of pyridine rings is 1. The number of likely N-dealkylation sites (tertiary alicyclic amines) is 1. The molecule has 0 spiro atoms. The quantitative estimate of drug-likeness (QED) is 0.473. The first kappa shape index (κ1) is 20.2. The van der Waals surface area contributed by atoms with Gasteiger partial charge in [-0.15, -0.1) is 0 Å². The van der Waals surface area contributed by atoms with Crippen molar-refractivity contribution in [2.45, 2.75) is 25.2 Å². The van der Waals surface area contributed by atoms with Crippen LogP contribution in [0.4, 0.5) is 4.39 Å². The molecular weight excluding hydrogens is 411 g/mol. The van der Waals surface area contributed by atoms with Gasteiger partial charge in [-0.25, -0.2) is 13.9 Å². The number of hydrogen-bond donors (Lipinski definition) is 0. The smallest absolute Gasteiger partial charge is 0.230 e. The Morgan fingerprint density at radius 3 is 3.00 bits per heavy atom. The Kier molecular flexibility index (Phi) is 5.34. The number of nitrogens with zero attached hydrogens (tertiary/aromatic N) is 4. The largest absolute Gasteiger partial charge is 0.496 e. The van der Waals surface area contributed by atoms with Crippen molar-refractivity contribution in [3.05, 3.63) is 72.3 Å². The lowest BCUT2D eigenvalue weighted by molar-refractivity contribution is -0.132. The fourth-order valence-electron chi connectivity index (χ4n) is 4.23. The number of fused-ring (bicyclic) bond motifs is 1. The number of ether oxygens (including phenoxy) is 1. The predicted molar refractivity (Wildman–Crippen MR) is 116 cm³/mol. The second-order valence-corrected chi connectivity index (χ2v) is 7.97. The molecule has 8 heteroatoms. The van der Waals surface area contributed by atoms with E-state index in [0.717, 1.165) is 24.9 Å². The van der Waals surface area contributed by atoms with Crippen LogP contribution in [0.1, 0.15) is 30.3 Å². The summed E-state index contributed by atoms with van der Waals surface area (Å²) >= 11 is 0. The van der Waals surface area contributed by atoms with Crippen LogP contribution in [-0.2, 0) is 11.2 Å². The Morgan fingerprint density at radius 2 is 2.19 bits per heavy atom. The summed E-state index contributed by atoms with van der Waals surface area (Å²) in [5.74, 6) is 1.75. The van der Waals surface area contributed by atoms with E-state index in [9.17, 15) is 9.18 Å². The van der Waals surface area contributed by atoms with Gasteiger partial charge in [0.15, 0.2) is 11.5 Å². The molecule has 1 atom stereocenters. The summed E-state index contributed by atoms with van der Waals surface area (Å²) in [6, 6.07) is 11.8. The van der Waals surface area contributed by atoms with Gasteiger partial charge in [0.1, 0.15) is 17.3 Å². The van der Waals surface area contributed by atoms with Gasteiger partial charge in [-0.05, 0) is 55.3 Å². The van der Waals surface area contributed by atoms with Crippen LogP contribution in [0.25, 0.3) is 16.8 Å². The average molecular weight is 434 g/mol. The fraction of sp³-hybridized carbons (Fsp3) is 0.292. The van der Waals surface area contributed by atoms with Crippen LogP contribution in [-0.4, -0.2) is 45.6 Å². The molecule has 1 aromatic carbocycles. The molecule has 0 saturated carbocycles. The number of rotatable bonds is 5. The zero-order chi connectivity index (χ0) is 22.1. The number of methoxy groups -OCH3 is 1. The lowest BCUT2D eigenvalue weighted by Crippen LogP contribution is -2.40. The number of carbonyl (C=O) groups is 1. The molecule has 1 aliphatic heterocycles. The van der Waals surface area contributed by atoms with Crippen LogP contribution in [0, 0.1) is 5.82 Å². The molecule has 7 nitrogen and oxygen atoms in total. The normalized spacial score (nSPS) is 16.4. The summed E-state index contributed by atoms with van der Waals surface area (Å²) in [5, 5.41) is 4.68. The van der Waals surface area contributed by atoms with Gasteiger partial charge in [0.2, 0.25) is 5.91 Å². The number of hydrogen-bond acceptors (Lipinski definition) is 5. The Balaban J connectivity index is 1.38. The number of furan rings is 1. The Labute approximate surface area is 184 Å². The van der Waals surface area contributed by atoms with E-state index in [0.29, 0.717) is 35.1 Å². The number of piperidine rings is 1. The number of carbonyl (C=O) groups excluding carboxylic acids is 1. The predicted octanol–water partition coefficient (Wildman–Crippen LogP) is 4.09. The summed E-state index contributed by atoms with van der Waals surface area (Å²) in [6.07, 6.45) is 5.49. The van der Waals surface area contributed by atoms with Gasteiger partial charge >= 0.3 is 0 Å². The summed E-state index contributed by atoms with van der Waals surface area (Å²) in [5.41, 5.74) is 2.14. The Bertz CT molecular complexity index is 1250. The van der Waals surface area contributed by atoms with Crippen LogP contribution in [0.5, 0.6) is 5.75 Å². The minimum absolute atomic E-state index is 0.0499. The monoisotopic (exact) mass is 434 g/mol. The molecule has 0 N–H and O–H groups in total. The molecule has 5 rings (SSSR count). The maximum Gasteiger partial charge on any atom is 0.230 e. The van der Waals surface area contributed by atoms with Crippen LogP contribution in [0.2, 0.25) is 0 Å². The molecular formula is C24H23FN4O3. The molecule has 0 radical (unpaired) electrons. The standard InChI is InChI=1S/C24H23FN4O3/c1-31-21-8-7-18(25)12-20(21)16-6-9-22-26-24(27-29(22)15-16)17-4-2-10-28(14-17)23(30)13-19-5-3-11-32-19/h3,5-9,11-12,15,17H,2,4,10,13-14H2,1H3/t17-/m1/s1. The van der Waals surface area contributed by atoms with Crippen molar-refractivity contribution >= 4 is 11.6 Å². The SMILES string of the molecule is COc1ccc(F)cc1-c1ccc2nc([C@@H]3CCCN(C(=O)Cc4ccco4)C3)nn2c1. The van der Waals surface area contributed by atoms with Crippen LogP contribution >= 0.6 is 0 Å². The summed E-state index contributed by atoms with van der Waals surface area (Å²) in [6.45, 7) is 1.31. The lowest BCUT2D eigenvalue weighted by Gasteiger charge is -2.31. The molecule has 4 heterocycles. The van der Waals surface area contributed by atoms with Crippen molar-refractivity contribution in [2.75, 3.05) is 20.2 Å². The van der Waals surface area contributed by atoms with Crippen molar-refractivity contribution in [2.24, 2.45) is 0 Å². The van der Waals surface area contributed by atoms with E-state index in [4.69, 9.17) is 14.1 Å². The van der Waals surface area contributed by atoms with E-state index in [1.54, 1.807) is 30.0 Å². The van der Waals surface area contributed by atoms with Crippen LogP contribution in [0.3, 0.4) is 0 Å². The molecule has 3 aromatic heterocycles. The van der Waals surface area contributed by atoms with Gasteiger partial charge in [-0.3, -0.25) is 4.79 Å². The molecule has 0 unspecified atom stereocenters. The highest BCUT2D eigenvalue weighted by molar-refractivity contribution is 5.78. The van der Waals surface area contributed by atoms with Crippen molar-refractivity contribution in [1.82, 2.24) is 19.5 Å². The highest BCUT2D eigenvalue weighted by Gasteiger charge is 2.28. The minimum Gasteiger partial charge on any atom is -0.496 e. The maximum absolute atomic E-state index is 13.8. The second kappa shape index (κ2) is 8.45. The van der Waals surface area contributed by atoms with Gasteiger partial charge in [0.25, 0.3) is 0 Å². The molecule has 0 bridgehead atoms. The highest BCUT2D eigenvalue weighted by Crippen LogP contribution is 2.31.